The van der Waals surface area contributed by atoms with Crippen molar-refractivity contribution in [3.63, 3.8) is 0 Å². The summed E-state index contributed by atoms with van der Waals surface area (Å²) in [4.78, 5) is 6.02. The molecular formula is C10H8F2N4O3S. The number of nitrogens with one attached hydrogen (secondary N) is 1. The Bertz CT molecular complexity index is 767. The Morgan fingerprint density at radius 2 is 1.95 bits per heavy atom. The molecule has 0 atom stereocenters. The average molecular weight is 302 g/mol. The van der Waals surface area contributed by atoms with E-state index in [1.807, 2.05) is 0 Å². The molecule has 0 aliphatic heterocycles. The van der Waals surface area contributed by atoms with Crippen molar-refractivity contribution in [1.29, 1.82) is 0 Å². The minimum Gasteiger partial charge on any atom is -0.398 e. The molecule has 0 aliphatic carbocycles. The molecule has 10 heteroatoms. The van der Waals surface area contributed by atoms with Crippen molar-refractivity contribution < 1.29 is 21.8 Å². The highest BCUT2D eigenvalue weighted by Crippen LogP contribution is 2.25. The third-order valence-corrected chi connectivity index (χ3v) is 3.22. The van der Waals surface area contributed by atoms with Crippen LogP contribution in [0, 0.1) is 11.8 Å². The van der Waals surface area contributed by atoms with Crippen LogP contribution in [0.25, 0.3) is 0 Å². The van der Waals surface area contributed by atoms with E-state index in [1.165, 1.54) is 6.07 Å². The summed E-state index contributed by atoms with van der Waals surface area (Å²) in [6.07, 6.45) is 0.816. The van der Waals surface area contributed by atoms with E-state index in [0.29, 0.717) is 0 Å². The van der Waals surface area contributed by atoms with Gasteiger partial charge < -0.3 is 11.1 Å². The van der Waals surface area contributed by atoms with Crippen molar-refractivity contribution in [2.75, 3.05) is 11.1 Å². The number of aromatic nitrogens is 2. The van der Waals surface area contributed by atoms with Gasteiger partial charge in [-0.25, -0.2) is 9.97 Å². The molecule has 1 aromatic heterocycles. The Labute approximate surface area is 112 Å². The zero-order valence-electron chi connectivity index (χ0n) is 9.71. The predicted octanol–water partition coefficient (Wildman–Crippen LogP) is 1.33. The number of nitrogen functional groups attached to an aromatic ring is 1. The predicted molar refractivity (Wildman–Crippen MR) is 65.9 cm³/mol. The maximum Gasteiger partial charge on any atom is 0.296 e. The Kier molecular flexibility index (Phi) is 3.51. The van der Waals surface area contributed by atoms with Crippen LogP contribution >= 0.6 is 0 Å². The number of nitrogens with zero attached hydrogens (tertiary/aromatic N) is 2. The second-order valence-corrected chi connectivity index (χ2v) is 5.07. The summed E-state index contributed by atoms with van der Waals surface area (Å²) in [7, 11) is -4.45. The fraction of sp³-hybridized carbons (Fsp3) is 0. The van der Waals surface area contributed by atoms with Gasteiger partial charge in [-0.2, -0.15) is 17.2 Å². The molecule has 0 fully saturated rings. The number of halogens is 2. The van der Waals surface area contributed by atoms with Crippen LogP contribution in [0.4, 0.5) is 26.0 Å². The third kappa shape index (κ3) is 2.81. The van der Waals surface area contributed by atoms with E-state index in [0.717, 1.165) is 18.5 Å². The second-order valence-electron chi connectivity index (χ2n) is 3.68. The van der Waals surface area contributed by atoms with E-state index in [4.69, 9.17) is 10.3 Å². The minimum absolute atomic E-state index is 0.159. The third-order valence-electron chi connectivity index (χ3n) is 2.30. The first kappa shape index (κ1) is 14.1. The van der Waals surface area contributed by atoms with Crippen LogP contribution in [0.2, 0.25) is 0 Å². The van der Waals surface area contributed by atoms with Crippen LogP contribution in [0.15, 0.2) is 29.4 Å². The van der Waals surface area contributed by atoms with Gasteiger partial charge in [0.25, 0.3) is 16.1 Å². The Morgan fingerprint density at radius 1 is 1.25 bits per heavy atom. The van der Waals surface area contributed by atoms with Gasteiger partial charge in [0.2, 0.25) is 5.82 Å². The van der Waals surface area contributed by atoms with E-state index >= 15 is 0 Å². The molecule has 0 unspecified atom stereocenters. The minimum atomic E-state index is -4.45. The number of anilines is 3. The molecule has 0 spiro atoms. The zero-order valence-corrected chi connectivity index (χ0v) is 10.5. The van der Waals surface area contributed by atoms with Crippen molar-refractivity contribution in [3.8, 4) is 0 Å². The average Bonchev–Trinajstić information content (AvgIpc) is 2.33. The molecule has 1 aromatic carbocycles. The van der Waals surface area contributed by atoms with Crippen LogP contribution in [0.5, 0.6) is 0 Å². The highest BCUT2D eigenvalue weighted by molar-refractivity contribution is 7.86. The molecular weight excluding hydrogens is 294 g/mol. The lowest BCUT2D eigenvalue weighted by atomic mass is 10.3. The lowest BCUT2D eigenvalue weighted by Crippen LogP contribution is -2.05. The number of nitrogens with two attached hydrogens (primary N) is 1. The maximum absolute atomic E-state index is 13.3. The first-order valence-electron chi connectivity index (χ1n) is 5.09. The molecule has 4 N–H and O–H groups in total. The standard InChI is InChI=1S/C10H8F2N4O3S/c11-8-9(12)14-4-15-10(8)16-5-1-2-7(6(13)3-5)20(17,18)19/h1-4H,13H2,(H,14,15,16)(H,17,18,19). The summed E-state index contributed by atoms with van der Waals surface area (Å²) < 4.78 is 57.0. The molecule has 20 heavy (non-hydrogen) atoms. The van der Waals surface area contributed by atoms with Gasteiger partial charge in [0, 0.05) is 5.69 Å². The molecule has 0 aliphatic rings. The molecule has 7 nitrogen and oxygen atoms in total. The number of hydrogen-bond donors (Lipinski definition) is 3. The summed E-state index contributed by atoms with van der Waals surface area (Å²) in [5.74, 6) is -3.05. The lowest BCUT2D eigenvalue weighted by Gasteiger charge is -2.08. The summed E-state index contributed by atoms with van der Waals surface area (Å²) >= 11 is 0. The first-order valence-corrected chi connectivity index (χ1v) is 6.53. The van der Waals surface area contributed by atoms with E-state index in [9.17, 15) is 17.2 Å². The van der Waals surface area contributed by atoms with Gasteiger partial charge >= 0.3 is 0 Å². The Balaban J connectivity index is 2.36. The van der Waals surface area contributed by atoms with Gasteiger partial charge in [-0.05, 0) is 18.2 Å². The van der Waals surface area contributed by atoms with Crippen molar-refractivity contribution in [2.45, 2.75) is 4.90 Å². The highest BCUT2D eigenvalue weighted by atomic mass is 32.2. The van der Waals surface area contributed by atoms with Crippen molar-refractivity contribution >= 4 is 27.3 Å². The van der Waals surface area contributed by atoms with E-state index in [2.05, 4.69) is 15.3 Å². The van der Waals surface area contributed by atoms with Crippen LogP contribution in [0.3, 0.4) is 0 Å². The maximum atomic E-state index is 13.3. The van der Waals surface area contributed by atoms with Crippen LogP contribution in [-0.4, -0.2) is 22.9 Å². The summed E-state index contributed by atoms with van der Waals surface area (Å²) in [5.41, 5.74) is 5.35. The SMILES string of the molecule is Nc1cc(Nc2ncnc(F)c2F)ccc1S(=O)(=O)O. The highest BCUT2D eigenvalue weighted by Gasteiger charge is 2.15. The molecule has 1 heterocycles. The normalized spacial score (nSPS) is 11.3. The summed E-state index contributed by atoms with van der Waals surface area (Å²) in [6, 6.07) is 3.35. The van der Waals surface area contributed by atoms with Crippen molar-refractivity contribution in [3.05, 3.63) is 36.3 Å². The first-order chi connectivity index (χ1) is 9.29. The molecule has 0 bridgehead atoms. The van der Waals surface area contributed by atoms with Gasteiger partial charge in [0.1, 0.15) is 11.2 Å². The largest absolute Gasteiger partial charge is 0.398 e. The van der Waals surface area contributed by atoms with Crippen molar-refractivity contribution in [1.82, 2.24) is 9.97 Å². The topological polar surface area (TPSA) is 118 Å². The smallest absolute Gasteiger partial charge is 0.296 e. The fourth-order valence-electron chi connectivity index (χ4n) is 1.43. The van der Waals surface area contributed by atoms with Gasteiger partial charge in [0.05, 0.1) is 5.69 Å². The van der Waals surface area contributed by atoms with Gasteiger partial charge in [-0.3, -0.25) is 4.55 Å². The lowest BCUT2D eigenvalue weighted by molar-refractivity contribution is 0.476. The van der Waals surface area contributed by atoms with E-state index in [-0.39, 0.29) is 11.4 Å². The van der Waals surface area contributed by atoms with E-state index < -0.39 is 32.6 Å². The zero-order chi connectivity index (χ0) is 14.9. The van der Waals surface area contributed by atoms with Crippen molar-refractivity contribution in [2.24, 2.45) is 0 Å². The summed E-state index contributed by atoms with van der Waals surface area (Å²) in [5, 5.41) is 2.41. The molecule has 0 amide bonds. The quantitative estimate of drug-likeness (QED) is 0.444. The molecule has 0 radical (unpaired) electrons. The Hall–Kier alpha value is -2.33. The van der Waals surface area contributed by atoms with Crippen LogP contribution < -0.4 is 11.1 Å². The van der Waals surface area contributed by atoms with Gasteiger partial charge in [-0.1, -0.05) is 0 Å². The molecule has 0 saturated heterocycles. The van der Waals surface area contributed by atoms with Crippen LogP contribution in [0.1, 0.15) is 0 Å². The second kappa shape index (κ2) is 4.98. The number of rotatable bonds is 3. The number of benzene rings is 1. The van der Waals surface area contributed by atoms with Crippen LogP contribution in [-0.2, 0) is 10.1 Å². The van der Waals surface area contributed by atoms with Gasteiger partial charge in [-0.15, -0.1) is 0 Å². The summed E-state index contributed by atoms with van der Waals surface area (Å²) in [6.45, 7) is 0. The van der Waals surface area contributed by atoms with E-state index in [1.54, 1.807) is 0 Å². The van der Waals surface area contributed by atoms with Gasteiger partial charge in [0.15, 0.2) is 5.82 Å². The number of hydrogen-bond acceptors (Lipinski definition) is 6. The monoisotopic (exact) mass is 302 g/mol. The molecule has 0 saturated carbocycles. The molecule has 106 valence electrons. The fourth-order valence-corrected chi connectivity index (χ4v) is 2.03. The molecule has 2 aromatic rings. The molecule has 2 rings (SSSR count). The Morgan fingerprint density at radius 3 is 2.55 bits per heavy atom.